The van der Waals surface area contributed by atoms with Gasteiger partial charge in [-0.1, -0.05) is 13.3 Å². The van der Waals surface area contributed by atoms with E-state index in [1.807, 2.05) is 20.8 Å². The van der Waals surface area contributed by atoms with Gasteiger partial charge in [-0.3, -0.25) is 14.6 Å². The maximum atomic E-state index is 11.8. The van der Waals surface area contributed by atoms with Gasteiger partial charge in [0.25, 0.3) is 5.91 Å². The van der Waals surface area contributed by atoms with Crippen molar-refractivity contribution in [2.75, 3.05) is 0 Å². The topological polar surface area (TPSA) is 58.5 Å². The Labute approximate surface area is 96.5 Å². The molecule has 16 heavy (non-hydrogen) atoms. The van der Waals surface area contributed by atoms with Gasteiger partial charge in [0, 0.05) is 11.8 Å². The van der Waals surface area contributed by atoms with Gasteiger partial charge in [0.1, 0.15) is 6.04 Å². The van der Waals surface area contributed by atoms with Crippen LogP contribution in [0.15, 0.2) is 4.99 Å². The number of nitrogens with one attached hydrogen (secondary N) is 1. The molecule has 0 spiro atoms. The molecule has 1 amide bonds. The van der Waals surface area contributed by atoms with Crippen molar-refractivity contribution >= 4 is 17.4 Å². The largest absolute Gasteiger partial charge is 0.347 e. The lowest BCUT2D eigenvalue weighted by molar-refractivity contribution is -0.138. The first-order valence-electron chi connectivity index (χ1n) is 5.90. The molecule has 0 aliphatic heterocycles. The first-order valence-corrected chi connectivity index (χ1v) is 5.90. The smallest absolute Gasteiger partial charge is 0.289 e. The normalized spacial score (nSPS) is 16.4. The fourth-order valence-electron chi connectivity index (χ4n) is 1.47. The molecule has 0 aromatic heterocycles. The van der Waals surface area contributed by atoms with E-state index >= 15 is 0 Å². The molecule has 1 rings (SSSR count). The molecule has 90 valence electrons. The van der Waals surface area contributed by atoms with Crippen molar-refractivity contribution < 1.29 is 9.59 Å². The summed E-state index contributed by atoms with van der Waals surface area (Å²) < 4.78 is 0. The van der Waals surface area contributed by atoms with Crippen LogP contribution in [0.25, 0.3) is 0 Å². The van der Waals surface area contributed by atoms with Crippen LogP contribution in [-0.2, 0) is 9.59 Å². The molecule has 1 fully saturated rings. The van der Waals surface area contributed by atoms with Crippen molar-refractivity contribution in [2.45, 2.75) is 58.5 Å². The molecular weight excluding hydrogens is 204 g/mol. The van der Waals surface area contributed by atoms with Gasteiger partial charge >= 0.3 is 0 Å². The Hall–Kier alpha value is -1.19. The minimum absolute atomic E-state index is 0.227. The standard InChI is InChI=1S/C12H20N2O2/c1-4-5-10(13-8(2)3)11(15)12(16)14-9-6-7-9/h9-10H,4-7H2,1-3H3,(H,14,16). The molecular formula is C12H20N2O2. The van der Waals surface area contributed by atoms with E-state index in [0.29, 0.717) is 6.42 Å². The van der Waals surface area contributed by atoms with Crippen LogP contribution in [-0.4, -0.2) is 29.5 Å². The molecule has 0 aromatic rings. The zero-order chi connectivity index (χ0) is 12.1. The highest BCUT2D eigenvalue weighted by molar-refractivity contribution is 6.38. The number of hydrogen-bond donors (Lipinski definition) is 1. The predicted molar refractivity (Wildman–Crippen MR) is 63.7 cm³/mol. The van der Waals surface area contributed by atoms with Gasteiger partial charge in [-0.05, 0) is 33.1 Å². The summed E-state index contributed by atoms with van der Waals surface area (Å²) >= 11 is 0. The number of Topliss-reactive ketones (excluding diaryl/α,β-unsaturated/α-hetero) is 1. The Kier molecular flexibility index (Phi) is 4.65. The maximum absolute atomic E-state index is 11.8. The number of ketones is 1. The molecule has 0 radical (unpaired) electrons. The summed E-state index contributed by atoms with van der Waals surface area (Å²) in [6, 6.07) is -0.265. The van der Waals surface area contributed by atoms with Crippen LogP contribution in [0.3, 0.4) is 0 Å². The number of hydrogen-bond acceptors (Lipinski definition) is 3. The van der Waals surface area contributed by atoms with Gasteiger partial charge in [-0.15, -0.1) is 0 Å². The average molecular weight is 224 g/mol. The zero-order valence-electron chi connectivity index (χ0n) is 10.2. The van der Waals surface area contributed by atoms with Crippen molar-refractivity contribution in [1.29, 1.82) is 0 Å². The van der Waals surface area contributed by atoms with Crippen LogP contribution in [0.1, 0.15) is 46.5 Å². The Morgan fingerprint density at radius 3 is 2.44 bits per heavy atom. The molecule has 1 aliphatic carbocycles. The van der Waals surface area contributed by atoms with E-state index in [4.69, 9.17) is 0 Å². The minimum Gasteiger partial charge on any atom is -0.347 e. The lowest BCUT2D eigenvalue weighted by atomic mass is 10.1. The fraction of sp³-hybridized carbons (Fsp3) is 0.750. The first-order chi connectivity index (χ1) is 7.54. The highest BCUT2D eigenvalue weighted by Gasteiger charge is 2.29. The second kappa shape index (κ2) is 5.77. The molecule has 1 unspecified atom stereocenters. The number of rotatable bonds is 6. The monoisotopic (exact) mass is 224 g/mol. The third-order valence-corrected chi connectivity index (χ3v) is 2.42. The van der Waals surface area contributed by atoms with Crippen LogP contribution in [0, 0.1) is 0 Å². The third kappa shape index (κ3) is 4.13. The molecule has 4 nitrogen and oxygen atoms in total. The Morgan fingerprint density at radius 2 is 2.00 bits per heavy atom. The van der Waals surface area contributed by atoms with Crippen LogP contribution in [0.5, 0.6) is 0 Å². The lowest BCUT2D eigenvalue weighted by Gasteiger charge is -2.10. The summed E-state index contributed by atoms with van der Waals surface area (Å²) in [7, 11) is 0. The van der Waals surface area contributed by atoms with Gasteiger partial charge in [0.05, 0.1) is 0 Å². The van der Waals surface area contributed by atoms with E-state index in [-0.39, 0.29) is 6.04 Å². The third-order valence-electron chi connectivity index (χ3n) is 2.42. The van der Waals surface area contributed by atoms with Crippen molar-refractivity contribution in [1.82, 2.24) is 5.32 Å². The maximum Gasteiger partial charge on any atom is 0.289 e. The van der Waals surface area contributed by atoms with Gasteiger partial charge in [0.2, 0.25) is 5.78 Å². The molecule has 0 saturated heterocycles. The Bertz CT molecular complexity index is 302. The molecule has 1 atom stereocenters. The second-order valence-corrected chi connectivity index (χ2v) is 4.49. The van der Waals surface area contributed by atoms with Crippen molar-refractivity contribution in [3.63, 3.8) is 0 Å². The fourth-order valence-corrected chi connectivity index (χ4v) is 1.47. The number of amides is 1. The molecule has 1 saturated carbocycles. The summed E-state index contributed by atoms with van der Waals surface area (Å²) in [5, 5.41) is 2.71. The SMILES string of the molecule is CCCC(N=C(C)C)C(=O)C(=O)NC1CC1. The number of aliphatic imine (C=N–C) groups is 1. The molecule has 4 heteroatoms. The summed E-state index contributed by atoms with van der Waals surface area (Å²) in [4.78, 5) is 27.6. The van der Waals surface area contributed by atoms with Gasteiger partial charge in [0.15, 0.2) is 0 Å². The molecule has 0 aromatic carbocycles. The zero-order valence-corrected chi connectivity index (χ0v) is 10.2. The first kappa shape index (κ1) is 12.9. The summed E-state index contributed by atoms with van der Waals surface area (Å²) in [6.07, 6.45) is 3.48. The quantitative estimate of drug-likeness (QED) is 0.549. The number of carbonyl (C=O) groups excluding carboxylic acids is 2. The average Bonchev–Trinajstić information content (AvgIpc) is 2.99. The van der Waals surface area contributed by atoms with E-state index in [2.05, 4.69) is 10.3 Å². The highest BCUT2D eigenvalue weighted by atomic mass is 16.2. The van der Waals surface area contributed by atoms with Gasteiger partial charge < -0.3 is 5.32 Å². The molecule has 1 N–H and O–H groups in total. The number of nitrogens with zero attached hydrogens (tertiary/aromatic N) is 1. The molecule has 0 heterocycles. The van der Waals surface area contributed by atoms with E-state index in [1.165, 1.54) is 0 Å². The predicted octanol–water partition coefficient (Wildman–Crippen LogP) is 1.48. The van der Waals surface area contributed by atoms with E-state index in [1.54, 1.807) is 0 Å². The van der Waals surface area contributed by atoms with Crippen LogP contribution < -0.4 is 5.32 Å². The van der Waals surface area contributed by atoms with Crippen molar-refractivity contribution in [3.8, 4) is 0 Å². The van der Waals surface area contributed by atoms with Crippen molar-refractivity contribution in [3.05, 3.63) is 0 Å². The van der Waals surface area contributed by atoms with Crippen LogP contribution >= 0.6 is 0 Å². The van der Waals surface area contributed by atoms with E-state index in [9.17, 15) is 9.59 Å². The van der Waals surface area contributed by atoms with E-state index < -0.39 is 17.7 Å². The van der Waals surface area contributed by atoms with E-state index in [0.717, 1.165) is 25.0 Å². The number of carbonyl (C=O) groups is 2. The van der Waals surface area contributed by atoms with Crippen LogP contribution in [0.4, 0.5) is 0 Å². The lowest BCUT2D eigenvalue weighted by Crippen LogP contribution is -2.38. The van der Waals surface area contributed by atoms with Gasteiger partial charge in [-0.25, -0.2) is 0 Å². The highest BCUT2D eigenvalue weighted by Crippen LogP contribution is 2.18. The Morgan fingerprint density at radius 1 is 1.38 bits per heavy atom. The minimum atomic E-state index is -0.492. The van der Waals surface area contributed by atoms with Gasteiger partial charge in [-0.2, -0.15) is 0 Å². The van der Waals surface area contributed by atoms with Crippen molar-refractivity contribution in [2.24, 2.45) is 4.99 Å². The summed E-state index contributed by atoms with van der Waals surface area (Å²) in [5.74, 6) is -0.860. The molecule has 1 aliphatic rings. The molecule has 0 bridgehead atoms. The summed E-state index contributed by atoms with van der Waals surface area (Å²) in [5.41, 5.74) is 0.839. The Balaban J connectivity index is 2.57. The van der Waals surface area contributed by atoms with Crippen LogP contribution in [0.2, 0.25) is 0 Å². The second-order valence-electron chi connectivity index (χ2n) is 4.49. The summed E-state index contributed by atoms with van der Waals surface area (Å²) in [6.45, 7) is 5.67.